The number of hydrogen-bond acceptors (Lipinski definition) is 2. The molecule has 1 N–H and O–H groups in total. The van der Waals surface area contributed by atoms with Gasteiger partial charge in [0.2, 0.25) is 0 Å². The van der Waals surface area contributed by atoms with Gasteiger partial charge >= 0.3 is 0 Å². The van der Waals surface area contributed by atoms with Crippen LogP contribution in [0.25, 0.3) is 11.0 Å². The molecular formula is C15H20BrNO. The fourth-order valence-electron chi connectivity index (χ4n) is 2.31. The number of furan rings is 1. The molecular weight excluding hydrogens is 290 g/mol. The Kier molecular flexibility index (Phi) is 4.13. The van der Waals surface area contributed by atoms with Gasteiger partial charge in [0.15, 0.2) is 0 Å². The van der Waals surface area contributed by atoms with E-state index < -0.39 is 0 Å². The minimum absolute atomic E-state index is 0.273. The lowest BCUT2D eigenvalue weighted by atomic mass is 10.0. The summed E-state index contributed by atoms with van der Waals surface area (Å²) < 4.78 is 7.05. The molecule has 1 heterocycles. The number of hydrogen-bond donors (Lipinski definition) is 1. The third kappa shape index (κ3) is 2.62. The normalized spacial score (nSPS) is 13.4. The number of halogens is 1. The van der Waals surface area contributed by atoms with Crippen LogP contribution in [-0.2, 0) is 0 Å². The first kappa shape index (κ1) is 13.6. The minimum atomic E-state index is 0.273. The van der Waals surface area contributed by atoms with Gasteiger partial charge in [-0.05, 0) is 59.1 Å². The van der Waals surface area contributed by atoms with E-state index in [1.807, 2.05) is 0 Å². The van der Waals surface area contributed by atoms with Gasteiger partial charge in [0.1, 0.15) is 11.3 Å². The van der Waals surface area contributed by atoms with Crippen molar-refractivity contribution in [1.29, 1.82) is 0 Å². The highest BCUT2D eigenvalue weighted by atomic mass is 79.9. The Labute approximate surface area is 117 Å². The minimum Gasteiger partial charge on any atom is -0.458 e. The van der Waals surface area contributed by atoms with Crippen molar-refractivity contribution >= 4 is 26.9 Å². The van der Waals surface area contributed by atoms with E-state index in [9.17, 15) is 0 Å². The molecule has 18 heavy (non-hydrogen) atoms. The summed E-state index contributed by atoms with van der Waals surface area (Å²) in [5, 5.41) is 4.65. The van der Waals surface area contributed by atoms with Crippen LogP contribution in [0.1, 0.15) is 38.1 Å². The number of benzene rings is 1. The molecule has 2 rings (SSSR count). The number of rotatable bonds is 4. The zero-order chi connectivity index (χ0) is 13.3. The molecule has 98 valence electrons. The van der Waals surface area contributed by atoms with Crippen molar-refractivity contribution in [2.45, 2.75) is 33.7 Å². The van der Waals surface area contributed by atoms with Crippen molar-refractivity contribution in [3.8, 4) is 0 Å². The van der Waals surface area contributed by atoms with E-state index >= 15 is 0 Å². The average molecular weight is 310 g/mol. The average Bonchev–Trinajstić information content (AvgIpc) is 2.68. The van der Waals surface area contributed by atoms with Gasteiger partial charge in [0.25, 0.3) is 0 Å². The maximum absolute atomic E-state index is 6.02. The summed E-state index contributed by atoms with van der Waals surface area (Å²) in [5.41, 5.74) is 2.19. The smallest absolute Gasteiger partial charge is 0.148 e. The van der Waals surface area contributed by atoms with Crippen LogP contribution in [0.15, 0.2) is 27.1 Å². The van der Waals surface area contributed by atoms with Crippen LogP contribution in [0.5, 0.6) is 0 Å². The molecule has 0 spiro atoms. The molecule has 0 saturated carbocycles. The monoisotopic (exact) mass is 309 g/mol. The molecule has 2 aromatic rings. The van der Waals surface area contributed by atoms with Gasteiger partial charge in [-0.2, -0.15) is 0 Å². The fourth-order valence-corrected chi connectivity index (χ4v) is 2.98. The molecule has 1 atom stereocenters. The number of fused-ring (bicyclic) bond motifs is 1. The predicted molar refractivity (Wildman–Crippen MR) is 79.9 cm³/mol. The molecule has 0 fully saturated rings. The summed E-state index contributed by atoms with van der Waals surface area (Å²) in [4.78, 5) is 0. The molecule has 1 aromatic heterocycles. The highest BCUT2D eigenvalue weighted by molar-refractivity contribution is 9.10. The van der Waals surface area contributed by atoms with E-state index in [0.717, 1.165) is 22.4 Å². The summed E-state index contributed by atoms with van der Waals surface area (Å²) in [7, 11) is 0. The molecule has 1 aromatic carbocycles. The van der Waals surface area contributed by atoms with Crippen LogP contribution < -0.4 is 5.32 Å². The highest BCUT2D eigenvalue weighted by Gasteiger charge is 2.19. The molecule has 0 aliphatic rings. The van der Waals surface area contributed by atoms with Crippen LogP contribution in [0.3, 0.4) is 0 Å². The molecule has 3 heteroatoms. The van der Waals surface area contributed by atoms with Crippen molar-refractivity contribution in [3.05, 3.63) is 34.0 Å². The predicted octanol–water partition coefficient (Wildman–Crippen LogP) is 4.81. The van der Waals surface area contributed by atoms with E-state index in [-0.39, 0.29) is 6.04 Å². The van der Waals surface area contributed by atoms with E-state index in [2.05, 4.69) is 67.1 Å². The maximum Gasteiger partial charge on any atom is 0.148 e. The van der Waals surface area contributed by atoms with Crippen molar-refractivity contribution in [2.24, 2.45) is 5.92 Å². The summed E-state index contributed by atoms with van der Waals surface area (Å²) in [6, 6.07) is 6.68. The third-order valence-electron chi connectivity index (χ3n) is 3.13. The molecule has 0 radical (unpaired) electrons. The summed E-state index contributed by atoms with van der Waals surface area (Å²) in [6.07, 6.45) is 0. The Morgan fingerprint density at radius 2 is 2.00 bits per heavy atom. The Balaban J connectivity index is 2.48. The molecule has 0 amide bonds. The molecule has 0 aliphatic carbocycles. The Morgan fingerprint density at radius 3 is 2.61 bits per heavy atom. The number of nitrogens with one attached hydrogen (secondary N) is 1. The van der Waals surface area contributed by atoms with Crippen molar-refractivity contribution in [1.82, 2.24) is 5.32 Å². The van der Waals surface area contributed by atoms with Crippen molar-refractivity contribution < 1.29 is 4.42 Å². The SMILES string of the molecule is CCNC(c1cc2cc(C)cc(Br)c2o1)C(C)C. The van der Waals surface area contributed by atoms with Gasteiger partial charge in [-0.15, -0.1) is 0 Å². The Hall–Kier alpha value is -0.800. The van der Waals surface area contributed by atoms with E-state index in [0.29, 0.717) is 5.92 Å². The Morgan fingerprint density at radius 1 is 1.28 bits per heavy atom. The standard InChI is InChI=1S/C15H20BrNO/c1-5-17-14(9(2)3)13-8-11-6-10(4)7-12(16)15(11)18-13/h6-9,14,17H,5H2,1-4H3. The largest absolute Gasteiger partial charge is 0.458 e. The lowest BCUT2D eigenvalue weighted by Gasteiger charge is -2.19. The van der Waals surface area contributed by atoms with Crippen LogP contribution >= 0.6 is 15.9 Å². The van der Waals surface area contributed by atoms with Crippen LogP contribution in [-0.4, -0.2) is 6.54 Å². The first-order valence-electron chi connectivity index (χ1n) is 6.46. The number of aryl methyl sites for hydroxylation is 1. The summed E-state index contributed by atoms with van der Waals surface area (Å²) in [6.45, 7) is 9.58. The second kappa shape index (κ2) is 5.45. The summed E-state index contributed by atoms with van der Waals surface area (Å²) in [5.74, 6) is 1.53. The Bertz CT molecular complexity index is 545. The van der Waals surface area contributed by atoms with Crippen LogP contribution in [0, 0.1) is 12.8 Å². The maximum atomic E-state index is 6.02. The lowest BCUT2D eigenvalue weighted by molar-refractivity contribution is 0.356. The van der Waals surface area contributed by atoms with Gasteiger partial charge in [0, 0.05) is 5.39 Å². The first-order valence-corrected chi connectivity index (χ1v) is 7.25. The zero-order valence-corrected chi connectivity index (χ0v) is 13.0. The van der Waals surface area contributed by atoms with E-state index in [1.165, 1.54) is 10.9 Å². The molecule has 0 bridgehead atoms. The quantitative estimate of drug-likeness (QED) is 0.876. The van der Waals surface area contributed by atoms with Gasteiger partial charge in [-0.25, -0.2) is 0 Å². The van der Waals surface area contributed by atoms with Gasteiger partial charge in [-0.3, -0.25) is 0 Å². The highest BCUT2D eigenvalue weighted by Crippen LogP contribution is 2.33. The first-order chi connectivity index (χ1) is 8.52. The van der Waals surface area contributed by atoms with Crippen molar-refractivity contribution in [2.75, 3.05) is 6.54 Å². The summed E-state index contributed by atoms with van der Waals surface area (Å²) >= 11 is 3.57. The zero-order valence-electron chi connectivity index (χ0n) is 11.4. The van der Waals surface area contributed by atoms with Crippen molar-refractivity contribution in [3.63, 3.8) is 0 Å². The van der Waals surface area contributed by atoms with Crippen LogP contribution in [0.4, 0.5) is 0 Å². The topological polar surface area (TPSA) is 25.2 Å². The van der Waals surface area contributed by atoms with E-state index in [4.69, 9.17) is 4.42 Å². The lowest BCUT2D eigenvalue weighted by Crippen LogP contribution is -2.24. The third-order valence-corrected chi connectivity index (χ3v) is 3.72. The molecule has 0 aliphatic heterocycles. The van der Waals surface area contributed by atoms with E-state index in [1.54, 1.807) is 0 Å². The van der Waals surface area contributed by atoms with Gasteiger partial charge < -0.3 is 9.73 Å². The second-order valence-electron chi connectivity index (χ2n) is 5.09. The van der Waals surface area contributed by atoms with Gasteiger partial charge in [-0.1, -0.05) is 20.8 Å². The van der Waals surface area contributed by atoms with Gasteiger partial charge in [0.05, 0.1) is 10.5 Å². The second-order valence-corrected chi connectivity index (χ2v) is 5.95. The molecule has 1 unspecified atom stereocenters. The fraction of sp³-hybridized carbons (Fsp3) is 0.467. The van der Waals surface area contributed by atoms with Crippen LogP contribution in [0.2, 0.25) is 0 Å². The molecule has 2 nitrogen and oxygen atoms in total. The molecule has 0 saturated heterocycles.